The molecule has 2 aliphatic heterocycles. The molecule has 7 nitrogen and oxygen atoms in total. The molecule has 0 aromatic carbocycles. The molecule has 21 heavy (non-hydrogen) atoms. The van der Waals surface area contributed by atoms with Crippen LogP contribution in [0.5, 0.6) is 0 Å². The van der Waals surface area contributed by atoms with E-state index >= 15 is 0 Å². The Morgan fingerprint density at radius 1 is 1.19 bits per heavy atom. The fourth-order valence-electron chi connectivity index (χ4n) is 3.01. The molecule has 2 aliphatic rings. The van der Waals surface area contributed by atoms with Gasteiger partial charge in [0, 0.05) is 19.6 Å². The summed E-state index contributed by atoms with van der Waals surface area (Å²) in [6.45, 7) is 3.33. The van der Waals surface area contributed by atoms with E-state index in [-0.39, 0.29) is 18.5 Å². The van der Waals surface area contributed by atoms with Gasteiger partial charge in [0.1, 0.15) is 6.04 Å². The van der Waals surface area contributed by atoms with Crippen LogP contribution in [0.1, 0.15) is 32.6 Å². The topological polar surface area (TPSA) is 87.2 Å². The van der Waals surface area contributed by atoms with Crippen LogP contribution in [0.25, 0.3) is 0 Å². The number of nitrogens with zero attached hydrogens (tertiary/aromatic N) is 2. The largest absolute Gasteiger partial charge is 0.481 e. The second-order valence-corrected chi connectivity index (χ2v) is 5.51. The molecule has 2 saturated heterocycles. The van der Waals surface area contributed by atoms with Crippen LogP contribution in [0.3, 0.4) is 0 Å². The summed E-state index contributed by atoms with van der Waals surface area (Å²) < 4.78 is 5.01. The van der Waals surface area contributed by atoms with Gasteiger partial charge in [-0.25, -0.2) is 9.59 Å². The zero-order chi connectivity index (χ0) is 15.4. The van der Waals surface area contributed by atoms with Crippen LogP contribution in [0.2, 0.25) is 0 Å². The molecule has 1 unspecified atom stereocenters. The highest BCUT2D eigenvalue weighted by Crippen LogP contribution is 2.23. The lowest BCUT2D eigenvalue weighted by molar-refractivity contribution is -0.148. The lowest BCUT2D eigenvalue weighted by Crippen LogP contribution is -2.52. The van der Waals surface area contributed by atoms with E-state index < -0.39 is 17.9 Å². The maximum atomic E-state index is 12.5. The Morgan fingerprint density at radius 3 is 2.57 bits per heavy atom. The number of likely N-dealkylation sites (tertiary alicyclic amines) is 2. The molecule has 0 saturated carbocycles. The zero-order valence-corrected chi connectivity index (χ0v) is 12.3. The van der Waals surface area contributed by atoms with E-state index in [1.165, 1.54) is 4.90 Å². The third-order valence-electron chi connectivity index (χ3n) is 4.10. The van der Waals surface area contributed by atoms with E-state index in [4.69, 9.17) is 9.84 Å². The lowest BCUT2D eigenvalue weighted by atomic mass is 9.98. The van der Waals surface area contributed by atoms with E-state index in [1.807, 2.05) is 0 Å². The molecule has 0 aromatic rings. The number of carbonyl (C=O) groups excluding carboxylic acids is 2. The van der Waals surface area contributed by atoms with Crippen LogP contribution >= 0.6 is 0 Å². The van der Waals surface area contributed by atoms with Gasteiger partial charge in [-0.3, -0.25) is 4.79 Å². The SMILES string of the molecule is CCOC(=O)C1CCCN1C(=O)N1CCC[C@H](C(=O)O)C1. The number of ether oxygens (including phenoxy) is 1. The minimum atomic E-state index is -0.865. The van der Waals surface area contributed by atoms with Crippen molar-refractivity contribution in [1.82, 2.24) is 9.80 Å². The molecular weight excluding hydrogens is 276 g/mol. The molecule has 2 amide bonds. The van der Waals surface area contributed by atoms with Gasteiger partial charge in [0.25, 0.3) is 0 Å². The molecule has 2 heterocycles. The highest BCUT2D eigenvalue weighted by Gasteiger charge is 2.39. The third kappa shape index (κ3) is 3.46. The van der Waals surface area contributed by atoms with Crippen molar-refractivity contribution >= 4 is 18.0 Å². The average Bonchev–Trinajstić information content (AvgIpc) is 2.96. The predicted molar refractivity (Wildman–Crippen MR) is 73.7 cm³/mol. The van der Waals surface area contributed by atoms with Crippen molar-refractivity contribution in [2.45, 2.75) is 38.6 Å². The van der Waals surface area contributed by atoms with Crippen molar-refractivity contribution in [2.24, 2.45) is 5.92 Å². The summed E-state index contributed by atoms with van der Waals surface area (Å²) in [6, 6.07) is -0.765. The second kappa shape index (κ2) is 6.78. The average molecular weight is 298 g/mol. The number of hydrogen-bond donors (Lipinski definition) is 1. The van der Waals surface area contributed by atoms with Crippen LogP contribution < -0.4 is 0 Å². The highest BCUT2D eigenvalue weighted by atomic mass is 16.5. The van der Waals surface area contributed by atoms with Gasteiger partial charge < -0.3 is 19.6 Å². The van der Waals surface area contributed by atoms with Gasteiger partial charge in [0.2, 0.25) is 0 Å². The summed E-state index contributed by atoms with van der Waals surface area (Å²) in [7, 11) is 0. The Hall–Kier alpha value is -1.79. The Morgan fingerprint density at radius 2 is 1.90 bits per heavy atom. The number of amides is 2. The monoisotopic (exact) mass is 298 g/mol. The normalized spacial score (nSPS) is 25.8. The Labute approximate surface area is 123 Å². The van der Waals surface area contributed by atoms with Gasteiger partial charge in [-0.15, -0.1) is 0 Å². The smallest absolute Gasteiger partial charge is 0.328 e. The number of carboxylic acid groups (broad SMARTS) is 1. The minimum absolute atomic E-state index is 0.222. The van der Waals surface area contributed by atoms with Crippen LogP contribution in [-0.2, 0) is 14.3 Å². The van der Waals surface area contributed by atoms with Crippen molar-refractivity contribution in [3.8, 4) is 0 Å². The first kappa shape index (κ1) is 15.6. The van der Waals surface area contributed by atoms with Gasteiger partial charge in [-0.2, -0.15) is 0 Å². The molecule has 7 heteroatoms. The molecule has 0 aromatic heterocycles. The standard InChI is InChI=1S/C14H22N2O5/c1-2-21-13(19)11-6-4-8-16(11)14(20)15-7-3-5-10(9-15)12(17)18/h10-11H,2-9H2,1H3,(H,17,18)/t10-,11?/m0/s1. The molecule has 1 N–H and O–H groups in total. The minimum Gasteiger partial charge on any atom is -0.481 e. The zero-order valence-electron chi connectivity index (χ0n) is 12.3. The highest BCUT2D eigenvalue weighted by molar-refractivity contribution is 5.84. The van der Waals surface area contributed by atoms with Gasteiger partial charge in [-0.1, -0.05) is 0 Å². The lowest BCUT2D eigenvalue weighted by Gasteiger charge is -2.35. The van der Waals surface area contributed by atoms with E-state index in [2.05, 4.69) is 0 Å². The molecule has 2 fully saturated rings. The van der Waals surface area contributed by atoms with Gasteiger partial charge in [0.05, 0.1) is 12.5 Å². The second-order valence-electron chi connectivity index (χ2n) is 5.51. The van der Waals surface area contributed by atoms with Crippen LogP contribution in [0.15, 0.2) is 0 Å². The number of aliphatic carboxylic acids is 1. The first-order valence-corrected chi connectivity index (χ1v) is 7.49. The molecule has 2 atom stereocenters. The Kier molecular flexibility index (Phi) is 5.03. The van der Waals surface area contributed by atoms with E-state index in [0.717, 1.165) is 6.42 Å². The van der Waals surface area contributed by atoms with Crippen molar-refractivity contribution in [2.75, 3.05) is 26.2 Å². The van der Waals surface area contributed by atoms with Crippen LogP contribution in [0, 0.1) is 5.92 Å². The molecule has 0 bridgehead atoms. The number of hydrogen-bond acceptors (Lipinski definition) is 4. The van der Waals surface area contributed by atoms with E-state index in [1.54, 1.807) is 11.8 Å². The summed E-state index contributed by atoms with van der Waals surface area (Å²) in [5.74, 6) is -1.74. The first-order chi connectivity index (χ1) is 10.0. The Bertz CT molecular complexity index is 426. The maximum absolute atomic E-state index is 12.5. The van der Waals surface area contributed by atoms with Crippen molar-refractivity contribution in [3.63, 3.8) is 0 Å². The van der Waals surface area contributed by atoms with E-state index in [9.17, 15) is 14.4 Å². The fourth-order valence-corrected chi connectivity index (χ4v) is 3.01. The van der Waals surface area contributed by atoms with Gasteiger partial charge in [-0.05, 0) is 32.6 Å². The van der Waals surface area contributed by atoms with Gasteiger partial charge in [0.15, 0.2) is 0 Å². The molecular formula is C14H22N2O5. The molecule has 2 rings (SSSR count). The molecule has 118 valence electrons. The number of esters is 1. The molecule has 0 radical (unpaired) electrons. The van der Waals surface area contributed by atoms with Gasteiger partial charge >= 0.3 is 18.0 Å². The number of urea groups is 1. The third-order valence-corrected chi connectivity index (χ3v) is 4.10. The van der Waals surface area contributed by atoms with Crippen LogP contribution in [0.4, 0.5) is 4.79 Å². The summed E-state index contributed by atoms with van der Waals surface area (Å²) >= 11 is 0. The van der Waals surface area contributed by atoms with E-state index in [0.29, 0.717) is 39.0 Å². The summed E-state index contributed by atoms with van der Waals surface area (Å²) in [6.07, 6.45) is 2.66. The summed E-state index contributed by atoms with van der Waals surface area (Å²) in [4.78, 5) is 38.6. The van der Waals surface area contributed by atoms with Crippen LogP contribution in [-0.4, -0.2) is 65.2 Å². The predicted octanol–water partition coefficient (Wildman–Crippen LogP) is 0.930. The number of piperidine rings is 1. The van der Waals surface area contributed by atoms with Crippen molar-refractivity contribution < 1.29 is 24.2 Å². The fraction of sp³-hybridized carbons (Fsp3) is 0.786. The number of rotatable bonds is 3. The van der Waals surface area contributed by atoms with Crippen molar-refractivity contribution in [1.29, 1.82) is 0 Å². The molecule has 0 aliphatic carbocycles. The first-order valence-electron chi connectivity index (χ1n) is 7.49. The Balaban J connectivity index is 2.01. The molecule has 0 spiro atoms. The quantitative estimate of drug-likeness (QED) is 0.783. The number of carboxylic acids is 1. The number of carbonyl (C=O) groups is 3. The van der Waals surface area contributed by atoms with Crippen molar-refractivity contribution in [3.05, 3.63) is 0 Å². The summed E-state index contributed by atoms with van der Waals surface area (Å²) in [5.41, 5.74) is 0. The maximum Gasteiger partial charge on any atom is 0.328 e. The summed E-state index contributed by atoms with van der Waals surface area (Å²) in [5, 5.41) is 9.09.